The van der Waals surface area contributed by atoms with Gasteiger partial charge in [0.25, 0.3) is 0 Å². The van der Waals surface area contributed by atoms with Crippen molar-refractivity contribution in [1.29, 1.82) is 0 Å². The number of aromatic nitrogens is 1. The number of allylic oxidation sites excluding steroid dienone is 1. The van der Waals surface area contributed by atoms with E-state index in [0.29, 0.717) is 0 Å². The van der Waals surface area contributed by atoms with Crippen LogP contribution in [0.3, 0.4) is 0 Å². The van der Waals surface area contributed by atoms with Crippen LogP contribution in [-0.2, 0) is 4.79 Å². The van der Waals surface area contributed by atoms with Gasteiger partial charge in [-0.3, -0.25) is 9.78 Å². The molecule has 3 heteroatoms. The second-order valence-electron chi connectivity index (χ2n) is 3.62. The molecular weight excluding hydrogens is 188 g/mol. The van der Waals surface area contributed by atoms with E-state index in [1.54, 1.807) is 18.5 Å². The minimum atomic E-state index is 0.848. The van der Waals surface area contributed by atoms with E-state index >= 15 is 0 Å². The van der Waals surface area contributed by atoms with Crippen molar-refractivity contribution in [3.63, 3.8) is 0 Å². The molecular formula is C12H14N2O. The zero-order chi connectivity index (χ0) is 10.5. The monoisotopic (exact) mass is 202 g/mol. The van der Waals surface area contributed by atoms with Crippen molar-refractivity contribution in [1.82, 2.24) is 9.88 Å². The Morgan fingerprint density at radius 1 is 1.40 bits per heavy atom. The van der Waals surface area contributed by atoms with Gasteiger partial charge in [-0.15, -0.1) is 0 Å². The topological polar surface area (TPSA) is 33.2 Å². The lowest BCUT2D eigenvalue weighted by molar-refractivity contribution is -0.104. The van der Waals surface area contributed by atoms with E-state index in [2.05, 4.69) is 9.88 Å². The van der Waals surface area contributed by atoms with Gasteiger partial charge in [-0.2, -0.15) is 0 Å². The van der Waals surface area contributed by atoms with Crippen LogP contribution in [-0.4, -0.2) is 29.3 Å². The summed E-state index contributed by atoms with van der Waals surface area (Å²) in [7, 11) is 0. The van der Waals surface area contributed by atoms with Gasteiger partial charge in [-0.05, 0) is 25.0 Å². The fraction of sp³-hybridized carbons (Fsp3) is 0.333. The standard InChI is InChI=1S/C12H14N2O/c15-9-5-12(14-7-1-2-8-14)11-4-3-6-13-10-11/h3-6,9-10H,1-2,7-8H2. The molecule has 2 rings (SSSR count). The fourth-order valence-electron chi connectivity index (χ4n) is 1.92. The maximum absolute atomic E-state index is 10.6. The summed E-state index contributed by atoms with van der Waals surface area (Å²) in [6.07, 6.45) is 8.43. The van der Waals surface area contributed by atoms with Crippen LogP contribution in [0, 0.1) is 0 Å². The van der Waals surface area contributed by atoms with Gasteiger partial charge < -0.3 is 4.90 Å². The lowest BCUT2D eigenvalue weighted by atomic mass is 10.2. The van der Waals surface area contributed by atoms with E-state index in [4.69, 9.17) is 0 Å². The first-order valence-corrected chi connectivity index (χ1v) is 5.22. The molecule has 78 valence electrons. The highest BCUT2D eigenvalue weighted by atomic mass is 16.1. The average molecular weight is 202 g/mol. The second kappa shape index (κ2) is 4.73. The number of carbonyl (C=O) groups is 1. The number of hydrogen-bond donors (Lipinski definition) is 0. The highest BCUT2D eigenvalue weighted by Crippen LogP contribution is 2.22. The summed E-state index contributed by atoms with van der Waals surface area (Å²) in [5.41, 5.74) is 2.02. The van der Waals surface area contributed by atoms with Crippen LogP contribution in [0.2, 0.25) is 0 Å². The molecule has 15 heavy (non-hydrogen) atoms. The van der Waals surface area contributed by atoms with Gasteiger partial charge in [0.05, 0.1) is 0 Å². The molecule has 1 fully saturated rings. The molecule has 0 aromatic carbocycles. The number of likely N-dealkylation sites (tertiary alicyclic amines) is 1. The lowest BCUT2D eigenvalue weighted by Crippen LogP contribution is -2.17. The van der Waals surface area contributed by atoms with E-state index < -0.39 is 0 Å². The maximum Gasteiger partial charge on any atom is 0.144 e. The second-order valence-corrected chi connectivity index (χ2v) is 3.62. The van der Waals surface area contributed by atoms with Gasteiger partial charge in [0, 0.05) is 42.8 Å². The quantitative estimate of drug-likeness (QED) is 0.552. The third-order valence-electron chi connectivity index (χ3n) is 2.63. The zero-order valence-corrected chi connectivity index (χ0v) is 8.60. The van der Waals surface area contributed by atoms with E-state index in [1.807, 2.05) is 12.1 Å². The number of nitrogens with zero attached hydrogens (tertiary/aromatic N) is 2. The molecule has 0 saturated carbocycles. The third kappa shape index (κ3) is 2.24. The van der Waals surface area contributed by atoms with E-state index in [0.717, 1.165) is 30.6 Å². The van der Waals surface area contributed by atoms with Gasteiger partial charge >= 0.3 is 0 Å². The summed E-state index contributed by atoms with van der Waals surface area (Å²) in [5, 5.41) is 0. The van der Waals surface area contributed by atoms with Crippen molar-refractivity contribution < 1.29 is 4.79 Å². The molecule has 0 amide bonds. The fourth-order valence-corrected chi connectivity index (χ4v) is 1.92. The normalized spacial score (nSPS) is 16.8. The number of pyridine rings is 1. The molecule has 1 aliphatic heterocycles. The van der Waals surface area contributed by atoms with Crippen LogP contribution in [0.25, 0.3) is 5.70 Å². The smallest absolute Gasteiger partial charge is 0.144 e. The van der Waals surface area contributed by atoms with Crippen LogP contribution in [0.1, 0.15) is 18.4 Å². The molecule has 0 atom stereocenters. The highest BCUT2D eigenvalue weighted by molar-refractivity contribution is 5.80. The van der Waals surface area contributed by atoms with Crippen molar-refractivity contribution in [3.8, 4) is 0 Å². The van der Waals surface area contributed by atoms with Crippen molar-refractivity contribution in [3.05, 3.63) is 36.2 Å². The molecule has 2 heterocycles. The van der Waals surface area contributed by atoms with Crippen molar-refractivity contribution in [2.45, 2.75) is 12.8 Å². The van der Waals surface area contributed by atoms with E-state index in [-0.39, 0.29) is 0 Å². The van der Waals surface area contributed by atoms with Crippen LogP contribution in [0.15, 0.2) is 30.6 Å². The molecule has 1 saturated heterocycles. The highest BCUT2D eigenvalue weighted by Gasteiger charge is 2.15. The molecule has 1 aliphatic rings. The molecule has 0 spiro atoms. The first-order chi connectivity index (χ1) is 7.42. The van der Waals surface area contributed by atoms with Gasteiger partial charge in [0.15, 0.2) is 0 Å². The molecule has 0 radical (unpaired) electrons. The summed E-state index contributed by atoms with van der Waals surface area (Å²) in [5.74, 6) is 0. The predicted octanol–water partition coefficient (Wildman–Crippen LogP) is 1.72. The number of carbonyl (C=O) groups excluding carboxylic acids is 1. The summed E-state index contributed by atoms with van der Waals surface area (Å²) in [6.45, 7) is 2.07. The predicted molar refractivity (Wildman–Crippen MR) is 59.1 cm³/mol. The Hall–Kier alpha value is -1.64. The Bertz CT molecular complexity index is 353. The molecule has 1 aromatic rings. The Labute approximate surface area is 89.4 Å². The summed E-state index contributed by atoms with van der Waals surface area (Å²) >= 11 is 0. The summed E-state index contributed by atoms with van der Waals surface area (Å²) < 4.78 is 0. The zero-order valence-electron chi connectivity index (χ0n) is 8.60. The van der Waals surface area contributed by atoms with Crippen molar-refractivity contribution in [2.75, 3.05) is 13.1 Å². The molecule has 0 N–H and O–H groups in total. The SMILES string of the molecule is O=CC=C(c1cccnc1)N1CCCC1. The minimum Gasteiger partial charge on any atom is -0.371 e. The minimum absolute atomic E-state index is 0.848. The molecule has 0 aliphatic carbocycles. The summed E-state index contributed by atoms with van der Waals surface area (Å²) in [4.78, 5) is 16.9. The van der Waals surface area contributed by atoms with Gasteiger partial charge in [-0.1, -0.05) is 0 Å². The molecule has 3 nitrogen and oxygen atoms in total. The average Bonchev–Trinajstić information content (AvgIpc) is 2.80. The van der Waals surface area contributed by atoms with Crippen LogP contribution in [0.4, 0.5) is 0 Å². The van der Waals surface area contributed by atoms with E-state index in [9.17, 15) is 4.79 Å². The van der Waals surface area contributed by atoms with Crippen molar-refractivity contribution in [2.24, 2.45) is 0 Å². The van der Waals surface area contributed by atoms with Crippen LogP contribution >= 0.6 is 0 Å². The number of rotatable bonds is 3. The van der Waals surface area contributed by atoms with Crippen molar-refractivity contribution >= 4 is 12.0 Å². The van der Waals surface area contributed by atoms with Crippen LogP contribution < -0.4 is 0 Å². The van der Waals surface area contributed by atoms with Gasteiger partial charge in [-0.25, -0.2) is 0 Å². The Morgan fingerprint density at radius 3 is 2.80 bits per heavy atom. The Morgan fingerprint density at radius 2 is 2.20 bits per heavy atom. The Balaban J connectivity index is 2.27. The first kappa shape index (κ1) is 9.90. The first-order valence-electron chi connectivity index (χ1n) is 5.22. The molecule has 1 aromatic heterocycles. The molecule has 0 unspecified atom stereocenters. The summed E-state index contributed by atoms with van der Waals surface area (Å²) in [6, 6.07) is 3.88. The van der Waals surface area contributed by atoms with Gasteiger partial charge in [0.1, 0.15) is 6.29 Å². The lowest BCUT2D eigenvalue weighted by Gasteiger charge is -2.20. The van der Waals surface area contributed by atoms with E-state index in [1.165, 1.54) is 12.8 Å². The molecule has 0 bridgehead atoms. The third-order valence-corrected chi connectivity index (χ3v) is 2.63. The Kier molecular flexibility index (Phi) is 3.12. The maximum atomic E-state index is 10.6. The van der Waals surface area contributed by atoms with Gasteiger partial charge in [0.2, 0.25) is 0 Å². The number of aldehydes is 1. The largest absolute Gasteiger partial charge is 0.371 e. The van der Waals surface area contributed by atoms with Crippen LogP contribution in [0.5, 0.6) is 0 Å². The number of hydrogen-bond acceptors (Lipinski definition) is 3.